The van der Waals surface area contributed by atoms with E-state index in [4.69, 9.17) is 9.47 Å². The number of nitrogens with zero attached hydrogens (tertiary/aromatic N) is 6. The number of rotatable bonds is 9. The molecular weight excluding hydrogens is 436 g/mol. The highest BCUT2D eigenvalue weighted by Crippen LogP contribution is 2.28. The molecule has 184 valence electrons. The summed E-state index contributed by atoms with van der Waals surface area (Å²) in [6.45, 7) is 7.80. The summed E-state index contributed by atoms with van der Waals surface area (Å²) < 4.78 is 15.7. The fourth-order valence-electron chi connectivity index (χ4n) is 4.49. The maximum absolute atomic E-state index is 12.9. The first-order valence-corrected chi connectivity index (χ1v) is 11.9. The van der Waals surface area contributed by atoms with Gasteiger partial charge in [-0.15, -0.1) is 0 Å². The zero-order valence-corrected chi connectivity index (χ0v) is 20.5. The second-order valence-corrected chi connectivity index (χ2v) is 8.63. The molecule has 0 atom stereocenters. The summed E-state index contributed by atoms with van der Waals surface area (Å²) in [6, 6.07) is 8.52. The fraction of sp³-hybridized carbons (Fsp3) is 0.542. The van der Waals surface area contributed by atoms with Crippen LogP contribution in [0.1, 0.15) is 19.8 Å². The minimum atomic E-state index is -0.392. The number of piperazine rings is 1. The number of methoxy groups -OCH3 is 1. The number of para-hydroxylation sites is 2. The molecule has 10 nitrogen and oxygen atoms in total. The largest absolute Gasteiger partial charge is 0.495 e. The van der Waals surface area contributed by atoms with Crippen LogP contribution in [-0.4, -0.2) is 70.0 Å². The Labute approximate surface area is 198 Å². The molecule has 10 heteroatoms. The first-order valence-electron chi connectivity index (χ1n) is 11.9. The Morgan fingerprint density at radius 3 is 2.44 bits per heavy atom. The summed E-state index contributed by atoms with van der Waals surface area (Å²) in [6.07, 6.45) is 1.67. The van der Waals surface area contributed by atoms with E-state index in [0.29, 0.717) is 30.3 Å². The van der Waals surface area contributed by atoms with Crippen molar-refractivity contribution in [2.75, 3.05) is 51.3 Å². The molecule has 4 rings (SSSR count). The van der Waals surface area contributed by atoms with Gasteiger partial charge in [0, 0.05) is 46.8 Å². The number of benzene rings is 1. The smallest absolute Gasteiger partial charge is 0.332 e. The van der Waals surface area contributed by atoms with Crippen LogP contribution in [0.2, 0.25) is 0 Å². The highest BCUT2D eigenvalue weighted by Gasteiger charge is 2.22. The molecule has 0 amide bonds. The van der Waals surface area contributed by atoms with Crippen molar-refractivity contribution in [3.8, 4) is 11.8 Å². The normalized spacial score (nSPS) is 14.6. The van der Waals surface area contributed by atoms with E-state index in [1.807, 2.05) is 29.7 Å². The molecule has 0 aliphatic carbocycles. The standard InChI is InChI=1S/C24H34N6O4/c1-5-17-34-23-25-21-20(22(31)27(3)24(32)26(21)2)30(23)12-8-11-28-13-15-29(16-14-28)18-9-6-7-10-19(18)33-4/h6-7,9-10H,5,8,11-17H2,1-4H3. The molecule has 3 heterocycles. The molecule has 0 unspecified atom stereocenters. The Balaban J connectivity index is 1.45. The monoisotopic (exact) mass is 470 g/mol. The van der Waals surface area contributed by atoms with E-state index in [0.717, 1.165) is 61.6 Å². The van der Waals surface area contributed by atoms with Crippen LogP contribution in [-0.2, 0) is 20.6 Å². The minimum Gasteiger partial charge on any atom is -0.495 e. The highest BCUT2D eigenvalue weighted by atomic mass is 16.5. The van der Waals surface area contributed by atoms with Crippen LogP contribution < -0.4 is 25.6 Å². The molecule has 1 fully saturated rings. The Morgan fingerprint density at radius 2 is 1.74 bits per heavy atom. The van der Waals surface area contributed by atoms with Gasteiger partial charge < -0.3 is 14.4 Å². The van der Waals surface area contributed by atoms with Crippen molar-refractivity contribution in [1.82, 2.24) is 23.6 Å². The molecule has 1 aliphatic heterocycles. The van der Waals surface area contributed by atoms with Crippen LogP contribution in [0.15, 0.2) is 33.9 Å². The van der Waals surface area contributed by atoms with Gasteiger partial charge in [-0.05, 0) is 31.5 Å². The summed E-state index contributed by atoms with van der Waals surface area (Å²) in [5.41, 5.74) is 1.18. The molecule has 0 bridgehead atoms. The van der Waals surface area contributed by atoms with Crippen molar-refractivity contribution in [1.29, 1.82) is 0 Å². The molecule has 34 heavy (non-hydrogen) atoms. The zero-order valence-electron chi connectivity index (χ0n) is 20.5. The first kappa shape index (κ1) is 23.9. The number of fused-ring (bicyclic) bond motifs is 1. The van der Waals surface area contributed by atoms with Gasteiger partial charge in [-0.1, -0.05) is 19.1 Å². The Bertz CT molecular complexity index is 1250. The van der Waals surface area contributed by atoms with Gasteiger partial charge in [0.2, 0.25) is 0 Å². The fourth-order valence-corrected chi connectivity index (χ4v) is 4.49. The Kier molecular flexibility index (Phi) is 7.26. The lowest BCUT2D eigenvalue weighted by molar-refractivity contribution is 0.243. The summed E-state index contributed by atoms with van der Waals surface area (Å²) in [5.74, 6) is 0.901. The van der Waals surface area contributed by atoms with Crippen molar-refractivity contribution < 1.29 is 9.47 Å². The predicted octanol–water partition coefficient (Wildman–Crippen LogP) is 1.44. The van der Waals surface area contributed by atoms with Gasteiger partial charge in [0.15, 0.2) is 11.2 Å². The van der Waals surface area contributed by atoms with Crippen LogP contribution in [0.3, 0.4) is 0 Å². The highest BCUT2D eigenvalue weighted by molar-refractivity contribution is 5.71. The van der Waals surface area contributed by atoms with Crippen LogP contribution in [0.25, 0.3) is 11.2 Å². The molecule has 2 aromatic heterocycles. The van der Waals surface area contributed by atoms with E-state index in [2.05, 4.69) is 20.9 Å². The third-order valence-electron chi connectivity index (χ3n) is 6.40. The van der Waals surface area contributed by atoms with Gasteiger partial charge in [-0.3, -0.25) is 23.4 Å². The van der Waals surface area contributed by atoms with Gasteiger partial charge in [0.1, 0.15) is 5.75 Å². The van der Waals surface area contributed by atoms with Crippen molar-refractivity contribution >= 4 is 16.9 Å². The summed E-state index contributed by atoms with van der Waals surface area (Å²) in [7, 11) is 4.83. The Morgan fingerprint density at radius 1 is 1.00 bits per heavy atom. The van der Waals surface area contributed by atoms with Crippen LogP contribution in [0.5, 0.6) is 11.8 Å². The second kappa shape index (κ2) is 10.3. The SMILES string of the molecule is CCCOc1nc2c(c(=O)n(C)c(=O)n2C)n1CCCN1CCN(c2ccccc2OC)CC1. The lowest BCUT2D eigenvalue weighted by Crippen LogP contribution is -2.46. The van der Waals surface area contributed by atoms with Gasteiger partial charge in [-0.25, -0.2) is 4.79 Å². The van der Waals surface area contributed by atoms with E-state index >= 15 is 0 Å². The lowest BCUT2D eigenvalue weighted by atomic mass is 10.2. The number of ether oxygens (including phenoxy) is 2. The molecule has 1 aliphatic rings. The van der Waals surface area contributed by atoms with Gasteiger partial charge in [0.05, 0.1) is 19.4 Å². The summed E-state index contributed by atoms with van der Waals surface area (Å²) in [4.78, 5) is 34.5. The molecular formula is C24H34N6O4. The zero-order chi connectivity index (χ0) is 24.2. The number of hydrogen-bond acceptors (Lipinski definition) is 7. The maximum Gasteiger partial charge on any atom is 0.332 e. The number of aryl methyl sites for hydroxylation is 2. The van der Waals surface area contributed by atoms with Crippen LogP contribution in [0, 0.1) is 0 Å². The average Bonchev–Trinajstić information content (AvgIpc) is 3.23. The number of anilines is 1. The van der Waals surface area contributed by atoms with E-state index in [1.165, 1.54) is 11.6 Å². The van der Waals surface area contributed by atoms with E-state index in [-0.39, 0.29) is 5.56 Å². The van der Waals surface area contributed by atoms with Gasteiger partial charge in [-0.2, -0.15) is 4.98 Å². The molecule has 0 radical (unpaired) electrons. The minimum absolute atomic E-state index is 0.345. The van der Waals surface area contributed by atoms with Crippen LogP contribution in [0.4, 0.5) is 5.69 Å². The number of imidazole rings is 1. The maximum atomic E-state index is 12.9. The predicted molar refractivity (Wildman–Crippen MR) is 132 cm³/mol. The van der Waals surface area contributed by atoms with E-state index < -0.39 is 5.69 Å². The first-order chi connectivity index (χ1) is 16.5. The number of hydrogen-bond donors (Lipinski definition) is 0. The molecule has 3 aromatic rings. The quantitative estimate of drug-likeness (QED) is 0.468. The third kappa shape index (κ3) is 4.54. The van der Waals surface area contributed by atoms with E-state index in [1.54, 1.807) is 14.2 Å². The van der Waals surface area contributed by atoms with Gasteiger partial charge in [0.25, 0.3) is 11.6 Å². The summed E-state index contributed by atoms with van der Waals surface area (Å²) >= 11 is 0. The topological polar surface area (TPSA) is 86.8 Å². The van der Waals surface area contributed by atoms with Crippen LogP contribution >= 0.6 is 0 Å². The van der Waals surface area contributed by atoms with Crippen molar-refractivity contribution in [2.45, 2.75) is 26.3 Å². The molecule has 0 spiro atoms. The van der Waals surface area contributed by atoms with Gasteiger partial charge >= 0.3 is 5.69 Å². The second-order valence-electron chi connectivity index (χ2n) is 8.63. The third-order valence-corrected chi connectivity index (χ3v) is 6.40. The average molecular weight is 471 g/mol. The summed E-state index contributed by atoms with van der Waals surface area (Å²) in [5, 5.41) is 0. The molecule has 0 saturated carbocycles. The molecule has 1 aromatic carbocycles. The number of aromatic nitrogens is 4. The lowest BCUT2D eigenvalue weighted by Gasteiger charge is -2.36. The van der Waals surface area contributed by atoms with E-state index in [9.17, 15) is 9.59 Å². The molecule has 1 saturated heterocycles. The molecule has 0 N–H and O–H groups in total. The van der Waals surface area contributed by atoms with Crippen molar-refractivity contribution in [3.63, 3.8) is 0 Å². The van der Waals surface area contributed by atoms with Crippen molar-refractivity contribution in [3.05, 3.63) is 45.1 Å². The van der Waals surface area contributed by atoms with Crippen molar-refractivity contribution in [2.24, 2.45) is 14.1 Å². The Hall–Kier alpha value is -3.27.